The maximum absolute atomic E-state index is 17.6. The fourth-order valence-electron chi connectivity index (χ4n) is 3.65. The quantitative estimate of drug-likeness (QED) is 0.311. The summed E-state index contributed by atoms with van der Waals surface area (Å²) in [6.45, 7) is 3.55. The standard InChI is InChI=1S/C25H23FO7S2/c1-18(24(27)33-3)23(19-11-10-12-20(17-19)32-2)25(26,34(28,29)21-13-6-4-7-14-21)35(30,31)22-15-8-5-9-16-22/h4-17,23H,1H2,2-3H3/t23-/m0/s1. The Labute approximate surface area is 203 Å². The molecule has 0 fully saturated rings. The zero-order valence-electron chi connectivity index (χ0n) is 18.9. The minimum absolute atomic E-state index is 0.165. The molecule has 0 aliphatic heterocycles. The smallest absolute Gasteiger partial charge is 0.333 e. The summed E-state index contributed by atoms with van der Waals surface area (Å²) in [5.41, 5.74) is -0.872. The Morgan fingerprint density at radius 2 is 1.31 bits per heavy atom. The minimum atomic E-state index is -5.32. The lowest BCUT2D eigenvalue weighted by atomic mass is 9.92. The average Bonchev–Trinajstić information content (AvgIpc) is 2.89. The summed E-state index contributed by atoms with van der Waals surface area (Å²) in [7, 11) is -8.33. The van der Waals surface area contributed by atoms with Crippen LogP contribution in [-0.4, -0.2) is 41.4 Å². The van der Waals surface area contributed by atoms with E-state index in [9.17, 15) is 21.6 Å². The number of carbonyl (C=O) groups excluding carboxylic acids is 1. The van der Waals surface area contributed by atoms with Gasteiger partial charge in [-0.3, -0.25) is 0 Å². The highest BCUT2D eigenvalue weighted by Crippen LogP contribution is 2.50. The van der Waals surface area contributed by atoms with Gasteiger partial charge in [0.25, 0.3) is 0 Å². The minimum Gasteiger partial charge on any atom is -0.497 e. The number of carbonyl (C=O) groups is 1. The molecule has 0 radical (unpaired) electrons. The molecular formula is C25H23FO7S2. The predicted molar refractivity (Wildman–Crippen MR) is 128 cm³/mol. The summed E-state index contributed by atoms with van der Waals surface area (Å²) in [5, 5.41) is 0. The molecule has 0 N–H and O–H groups in total. The average molecular weight is 519 g/mol. The molecular weight excluding hydrogens is 495 g/mol. The number of methoxy groups -OCH3 is 2. The molecule has 3 aromatic rings. The molecule has 0 aliphatic rings. The summed E-state index contributed by atoms with van der Waals surface area (Å²) in [5.74, 6) is -3.20. The topological polar surface area (TPSA) is 104 Å². The van der Waals surface area contributed by atoms with Gasteiger partial charge in [-0.05, 0) is 42.0 Å². The van der Waals surface area contributed by atoms with Crippen LogP contribution in [0.2, 0.25) is 0 Å². The fourth-order valence-corrected chi connectivity index (χ4v) is 8.24. The van der Waals surface area contributed by atoms with Crippen molar-refractivity contribution in [1.29, 1.82) is 0 Å². The SMILES string of the molecule is C=C(C(=O)OC)[C@@H](c1cccc(OC)c1)C(F)(S(=O)(=O)c1ccccc1)S(=O)(=O)c1ccccc1. The van der Waals surface area contributed by atoms with Crippen LogP contribution in [0, 0.1) is 0 Å². The van der Waals surface area contributed by atoms with E-state index < -0.39 is 51.3 Å². The number of esters is 1. The highest BCUT2D eigenvalue weighted by molar-refractivity contribution is 8.10. The van der Waals surface area contributed by atoms with Crippen molar-refractivity contribution in [3.63, 3.8) is 0 Å². The lowest BCUT2D eigenvalue weighted by Gasteiger charge is -2.34. The molecule has 0 aromatic heterocycles. The van der Waals surface area contributed by atoms with Gasteiger partial charge < -0.3 is 9.47 Å². The van der Waals surface area contributed by atoms with Crippen molar-refractivity contribution >= 4 is 25.6 Å². The second kappa shape index (κ2) is 10.0. The van der Waals surface area contributed by atoms with Gasteiger partial charge in [0.15, 0.2) is 0 Å². The van der Waals surface area contributed by atoms with E-state index in [4.69, 9.17) is 4.74 Å². The van der Waals surface area contributed by atoms with Gasteiger partial charge in [-0.1, -0.05) is 55.1 Å². The van der Waals surface area contributed by atoms with E-state index in [-0.39, 0.29) is 11.3 Å². The van der Waals surface area contributed by atoms with Crippen molar-refractivity contribution in [2.24, 2.45) is 0 Å². The van der Waals surface area contributed by atoms with Gasteiger partial charge in [-0.2, -0.15) is 0 Å². The number of halogens is 1. The number of hydrogen-bond acceptors (Lipinski definition) is 7. The molecule has 0 amide bonds. The van der Waals surface area contributed by atoms with Crippen molar-refractivity contribution in [1.82, 2.24) is 0 Å². The zero-order chi connectivity index (χ0) is 25.9. The van der Waals surface area contributed by atoms with Crippen LogP contribution in [0.4, 0.5) is 4.39 Å². The van der Waals surface area contributed by atoms with Gasteiger partial charge in [0, 0.05) is 5.57 Å². The van der Waals surface area contributed by atoms with E-state index >= 15 is 4.39 Å². The third kappa shape index (κ3) is 4.46. The van der Waals surface area contributed by atoms with Crippen molar-refractivity contribution in [2.45, 2.75) is 20.0 Å². The van der Waals surface area contributed by atoms with E-state index in [1.165, 1.54) is 67.8 Å². The fraction of sp³-hybridized carbons (Fsp3) is 0.160. The second-order valence-corrected chi connectivity index (χ2v) is 11.8. The van der Waals surface area contributed by atoms with Crippen LogP contribution in [0.1, 0.15) is 11.5 Å². The summed E-state index contributed by atoms with van der Waals surface area (Å²) in [4.78, 5) is 11.4. The van der Waals surface area contributed by atoms with Gasteiger partial charge in [0.2, 0.25) is 19.7 Å². The lowest BCUT2D eigenvalue weighted by molar-refractivity contribution is -0.136. The van der Waals surface area contributed by atoms with E-state index in [0.717, 1.165) is 31.4 Å². The van der Waals surface area contributed by atoms with Crippen molar-refractivity contribution in [2.75, 3.05) is 14.2 Å². The van der Waals surface area contributed by atoms with E-state index in [1.54, 1.807) is 0 Å². The Morgan fingerprint density at radius 3 is 1.74 bits per heavy atom. The molecule has 7 nitrogen and oxygen atoms in total. The number of benzene rings is 3. The third-order valence-electron chi connectivity index (χ3n) is 5.41. The van der Waals surface area contributed by atoms with Crippen LogP contribution >= 0.6 is 0 Å². The Balaban J connectivity index is 2.48. The first kappa shape index (κ1) is 26.1. The highest BCUT2D eigenvalue weighted by atomic mass is 32.3. The molecule has 10 heteroatoms. The number of hydrogen-bond donors (Lipinski definition) is 0. The lowest BCUT2D eigenvalue weighted by Crippen LogP contribution is -2.49. The maximum atomic E-state index is 17.6. The summed E-state index contributed by atoms with van der Waals surface area (Å²) >= 11 is 0. The monoisotopic (exact) mass is 518 g/mol. The molecule has 0 bridgehead atoms. The Bertz CT molecular complexity index is 1370. The summed E-state index contributed by atoms with van der Waals surface area (Å²) in [6.07, 6.45) is 0. The normalized spacial score (nSPS) is 13.0. The number of ether oxygens (including phenoxy) is 2. The Hall–Kier alpha value is -3.50. The summed E-state index contributed by atoms with van der Waals surface area (Å²) < 4.78 is 78.8. The number of sulfone groups is 2. The zero-order valence-corrected chi connectivity index (χ0v) is 20.6. The van der Waals surface area contributed by atoms with Gasteiger partial charge >= 0.3 is 10.3 Å². The highest BCUT2D eigenvalue weighted by Gasteiger charge is 2.64. The first-order chi connectivity index (χ1) is 16.5. The van der Waals surface area contributed by atoms with Gasteiger partial charge in [-0.15, -0.1) is 0 Å². The van der Waals surface area contributed by atoms with Crippen LogP contribution in [0.15, 0.2) is 107 Å². The molecule has 3 aromatic carbocycles. The number of rotatable bonds is 9. The van der Waals surface area contributed by atoms with Crippen LogP contribution < -0.4 is 4.74 Å². The van der Waals surface area contributed by atoms with E-state index in [2.05, 4.69) is 11.3 Å². The maximum Gasteiger partial charge on any atom is 0.333 e. The van der Waals surface area contributed by atoms with Crippen molar-refractivity contribution in [3.8, 4) is 5.75 Å². The Kier molecular flexibility index (Phi) is 7.47. The molecule has 0 spiro atoms. The molecule has 1 atom stereocenters. The summed E-state index contributed by atoms with van der Waals surface area (Å²) in [6, 6.07) is 18.1. The van der Waals surface area contributed by atoms with Crippen LogP contribution in [0.3, 0.4) is 0 Å². The first-order valence-electron chi connectivity index (χ1n) is 10.2. The van der Waals surface area contributed by atoms with Crippen molar-refractivity contribution < 1.29 is 35.5 Å². The second-order valence-electron chi connectivity index (χ2n) is 7.44. The van der Waals surface area contributed by atoms with E-state index in [1.807, 2.05) is 0 Å². The van der Waals surface area contributed by atoms with Gasteiger partial charge in [-0.25, -0.2) is 26.0 Å². The molecule has 184 valence electrons. The van der Waals surface area contributed by atoms with Crippen molar-refractivity contribution in [3.05, 3.63) is 103 Å². The molecule has 35 heavy (non-hydrogen) atoms. The van der Waals surface area contributed by atoms with Crippen LogP contribution in [0.5, 0.6) is 5.75 Å². The molecule has 0 unspecified atom stereocenters. The predicted octanol–water partition coefficient (Wildman–Crippen LogP) is 4.08. The van der Waals surface area contributed by atoms with E-state index in [0.29, 0.717) is 0 Å². The largest absolute Gasteiger partial charge is 0.497 e. The molecule has 0 saturated carbocycles. The van der Waals surface area contributed by atoms with Crippen LogP contribution in [-0.2, 0) is 29.2 Å². The molecule has 0 heterocycles. The number of alkyl halides is 1. The van der Waals surface area contributed by atoms with Crippen LogP contribution in [0.25, 0.3) is 0 Å². The third-order valence-corrected chi connectivity index (χ3v) is 10.4. The first-order valence-corrected chi connectivity index (χ1v) is 13.2. The van der Waals surface area contributed by atoms with Gasteiger partial charge in [0.05, 0.1) is 29.9 Å². The molecule has 0 aliphatic carbocycles. The van der Waals surface area contributed by atoms with Gasteiger partial charge in [0.1, 0.15) is 5.75 Å². The molecule has 3 rings (SSSR count). The molecule has 0 saturated heterocycles. The Morgan fingerprint density at radius 1 is 0.829 bits per heavy atom.